The van der Waals surface area contributed by atoms with Crippen LogP contribution in [0.25, 0.3) is 10.9 Å². The molecule has 0 saturated heterocycles. The Morgan fingerprint density at radius 1 is 1.39 bits per heavy atom. The Morgan fingerprint density at radius 3 is 2.91 bits per heavy atom. The molecule has 4 rings (SSSR count). The van der Waals surface area contributed by atoms with Crippen molar-refractivity contribution in [1.29, 1.82) is 0 Å². The predicted molar refractivity (Wildman–Crippen MR) is 86.4 cm³/mol. The van der Waals surface area contributed by atoms with E-state index in [-0.39, 0.29) is 17.7 Å². The number of methoxy groups -OCH3 is 1. The third-order valence-electron chi connectivity index (χ3n) is 5.67. The summed E-state index contributed by atoms with van der Waals surface area (Å²) >= 11 is 0. The molecule has 4 atom stereocenters. The van der Waals surface area contributed by atoms with Crippen molar-refractivity contribution in [3.8, 4) is 5.75 Å². The van der Waals surface area contributed by atoms with Gasteiger partial charge in [0.1, 0.15) is 12.0 Å². The molecule has 0 bridgehead atoms. The number of carbonyl (C=O) groups is 2. The molecule has 23 heavy (non-hydrogen) atoms. The number of aromatic amines is 1. The maximum atomic E-state index is 12.1. The molecule has 0 spiro atoms. The number of hydrogen-bond acceptors (Lipinski definition) is 3. The first-order valence-corrected chi connectivity index (χ1v) is 8.10. The molecule has 5 nitrogen and oxygen atoms in total. The molecule has 120 valence electrons. The zero-order valence-corrected chi connectivity index (χ0v) is 13.0. The number of hydrogen-bond donors (Lipinski definition) is 2. The van der Waals surface area contributed by atoms with E-state index in [4.69, 9.17) is 10.5 Å². The monoisotopic (exact) mass is 312 g/mol. The fourth-order valence-electron chi connectivity index (χ4n) is 4.83. The number of H-pyrrole nitrogens is 1. The molecule has 1 heterocycles. The number of nitrogens with two attached hydrogens (primary N) is 1. The van der Waals surface area contributed by atoms with E-state index < -0.39 is 11.8 Å². The van der Waals surface area contributed by atoms with Crippen molar-refractivity contribution in [3.05, 3.63) is 29.5 Å². The van der Waals surface area contributed by atoms with Crippen molar-refractivity contribution >= 4 is 23.1 Å². The Hall–Kier alpha value is -2.30. The zero-order chi connectivity index (χ0) is 16.1. The molecule has 0 radical (unpaired) electrons. The van der Waals surface area contributed by atoms with E-state index in [9.17, 15) is 9.59 Å². The molecule has 2 aromatic rings. The second-order valence-corrected chi connectivity index (χ2v) is 6.63. The summed E-state index contributed by atoms with van der Waals surface area (Å²) in [6.07, 6.45) is 3.94. The van der Waals surface area contributed by atoms with Crippen LogP contribution >= 0.6 is 0 Å². The van der Waals surface area contributed by atoms with Crippen LogP contribution in [0.5, 0.6) is 5.75 Å². The lowest BCUT2D eigenvalue weighted by molar-refractivity contribution is -0.127. The number of rotatable bonds is 3. The van der Waals surface area contributed by atoms with Gasteiger partial charge in [-0.3, -0.25) is 4.79 Å². The van der Waals surface area contributed by atoms with Crippen LogP contribution in [0.3, 0.4) is 0 Å². The van der Waals surface area contributed by atoms with E-state index in [0.29, 0.717) is 0 Å². The molecule has 1 saturated carbocycles. The summed E-state index contributed by atoms with van der Waals surface area (Å²) in [4.78, 5) is 27.5. The SMILES string of the molecule is COc1cccc2[nH]c3c(c12)C(C=O)C(C(N)=O)C1CCCC31. The summed E-state index contributed by atoms with van der Waals surface area (Å²) in [7, 11) is 1.62. The summed E-state index contributed by atoms with van der Waals surface area (Å²) in [5, 5.41) is 0.915. The van der Waals surface area contributed by atoms with Gasteiger partial charge in [0.2, 0.25) is 5.91 Å². The van der Waals surface area contributed by atoms with Gasteiger partial charge in [0.25, 0.3) is 0 Å². The number of nitrogens with one attached hydrogen (secondary N) is 1. The molecule has 2 aliphatic carbocycles. The van der Waals surface area contributed by atoms with Gasteiger partial charge in [-0.15, -0.1) is 0 Å². The Balaban J connectivity index is 2.04. The van der Waals surface area contributed by atoms with Crippen molar-refractivity contribution in [1.82, 2.24) is 4.98 Å². The first-order chi connectivity index (χ1) is 11.2. The highest BCUT2D eigenvalue weighted by molar-refractivity contribution is 5.96. The molecule has 4 unspecified atom stereocenters. The fraction of sp³-hybridized carbons (Fsp3) is 0.444. The second kappa shape index (κ2) is 5.11. The number of benzene rings is 1. The Kier molecular flexibility index (Phi) is 3.18. The third kappa shape index (κ3) is 1.85. The highest BCUT2D eigenvalue weighted by atomic mass is 16.5. The summed E-state index contributed by atoms with van der Waals surface area (Å²) in [5.74, 6) is -0.117. The van der Waals surface area contributed by atoms with Gasteiger partial charge in [-0.2, -0.15) is 0 Å². The molecular formula is C18H20N2O3. The molecule has 1 aromatic heterocycles. The van der Waals surface area contributed by atoms with E-state index in [2.05, 4.69) is 4.98 Å². The number of aromatic nitrogens is 1. The Morgan fingerprint density at radius 2 is 2.22 bits per heavy atom. The summed E-state index contributed by atoms with van der Waals surface area (Å²) in [6.45, 7) is 0. The standard InChI is InChI=1S/C18H20N2O3/c1-23-13-7-3-6-12-16(13)15-11(8-21)14(18(19)22)9-4-2-5-10(9)17(15)20-12/h3,6-11,14,20H,2,4-5H2,1H3,(H2,19,22). The zero-order valence-electron chi connectivity index (χ0n) is 13.0. The Labute approximate surface area is 134 Å². The van der Waals surface area contributed by atoms with Crippen LogP contribution in [0.4, 0.5) is 0 Å². The number of amides is 1. The molecule has 3 N–H and O–H groups in total. The summed E-state index contributed by atoms with van der Waals surface area (Å²) in [5.41, 5.74) is 8.66. The van der Waals surface area contributed by atoms with Gasteiger partial charge in [0.05, 0.1) is 18.9 Å². The van der Waals surface area contributed by atoms with Crippen molar-refractivity contribution in [2.24, 2.45) is 17.6 Å². The molecule has 0 aliphatic heterocycles. The van der Waals surface area contributed by atoms with Crippen molar-refractivity contribution in [2.45, 2.75) is 31.1 Å². The predicted octanol–water partition coefficient (Wildman–Crippen LogP) is 2.46. The van der Waals surface area contributed by atoms with Gasteiger partial charge < -0.3 is 20.2 Å². The highest BCUT2D eigenvalue weighted by Crippen LogP contribution is 2.55. The Bertz CT molecular complexity index is 795. The summed E-state index contributed by atoms with van der Waals surface area (Å²) < 4.78 is 5.50. The molecule has 5 heteroatoms. The number of fused-ring (bicyclic) bond motifs is 5. The largest absolute Gasteiger partial charge is 0.496 e. The van der Waals surface area contributed by atoms with E-state index in [1.54, 1.807) is 7.11 Å². The van der Waals surface area contributed by atoms with Gasteiger partial charge in [-0.1, -0.05) is 12.5 Å². The average molecular weight is 312 g/mol. The van der Waals surface area contributed by atoms with Gasteiger partial charge in [0, 0.05) is 22.5 Å². The molecule has 2 aliphatic rings. The fourth-order valence-corrected chi connectivity index (χ4v) is 4.83. The molecule has 1 fully saturated rings. The van der Waals surface area contributed by atoms with E-state index in [1.807, 2.05) is 18.2 Å². The lowest BCUT2D eigenvalue weighted by Gasteiger charge is -2.36. The lowest BCUT2D eigenvalue weighted by atomic mass is 9.66. The van der Waals surface area contributed by atoms with E-state index in [0.717, 1.165) is 53.5 Å². The van der Waals surface area contributed by atoms with Crippen molar-refractivity contribution in [2.75, 3.05) is 7.11 Å². The topological polar surface area (TPSA) is 85.2 Å². The highest BCUT2D eigenvalue weighted by Gasteiger charge is 2.49. The van der Waals surface area contributed by atoms with Gasteiger partial charge in [-0.25, -0.2) is 0 Å². The van der Waals surface area contributed by atoms with Crippen LogP contribution in [0, 0.1) is 11.8 Å². The van der Waals surface area contributed by atoms with Crippen molar-refractivity contribution < 1.29 is 14.3 Å². The quantitative estimate of drug-likeness (QED) is 0.854. The summed E-state index contributed by atoms with van der Waals surface area (Å²) in [6, 6.07) is 5.80. The van der Waals surface area contributed by atoms with E-state index in [1.165, 1.54) is 0 Å². The third-order valence-corrected chi connectivity index (χ3v) is 5.67. The maximum Gasteiger partial charge on any atom is 0.221 e. The van der Waals surface area contributed by atoms with Crippen LogP contribution in [0.15, 0.2) is 18.2 Å². The second-order valence-electron chi connectivity index (χ2n) is 6.63. The van der Waals surface area contributed by atoms with Crippen molar-refractivity contribution in [3.63, 3.8) is 0 Å². The van der Waals surface area contributed by atoms with Gasteiger partial charge in [-0.05, 0) is 36.5 Å². The van der Waals surface area contributed by atoms with E-state index >= 15 is 0 Å². The number of carbonyl (C=O) groups excluding carboxylic acids is 2. The molecule has 1 amide bonds. The minimum atomic E-state index is -0.494. The van der Waals surface area contributed by atoms with Crippen LogP contribution in [0.1, 0.15) is 42.4 Å². The minimum Gasteiger partial charge on any atom is -0.496 e. The molecular weight excluding hydrogens is 292 g/mol. The first kappa shape index (κ1) is 14.3. The smallest absolute Gasteiger partial charge is 0.221 e. The number of aldehydes is 1. The van der Waals surface area contributed by atoms with Gasteiger partial charge >= 0.3 is 0 Å². The average Bonchev–Trinajstić information content (AvgIpc) is 3.16. The molecule has 1 aromatic carbocycles. The van der Waals surface area contributed by atoms with Crippen LogP contribution in [0.2, 0.25) is 0 Å². The van der Waals surface area contributed by atoms with Gasteiger partial charge in [0.15, 0.2) is 0 Å². The lowest BCUT2D eigenvalue weighted by Crippen LogP contribution is -2.40. The maximum absolute atomic E-state index is 12.1. The minimum absolute atomic E-state index is 0.161. The van der Waals surface area contributed by atoms with Crippen LogP contribution < -0.4 is 10.5 Å². The van der Waals surface area contributed by atoms with Crippen LogP contribution in [-0.2, 0) is 9.59 Å². The number of ether oxygens (including phenoxy) is 1. The first-order valence-electron chi connectivity index (χ1n) is 8.10. The normalized spacial score (nSPS) is 29.1. The van der Waals surface area contributed by atoms with Crippen LogP contribution in [-0.4, -0.2) is 24.3 Å². The number of primary amides is 1.